The van der Waals surface area contributed by atoms with Crippen LogP contribution in [0, 0.1) is 22.2 Å². The first kappa shape index (κ1) is 15.8. The number of halogens is 5. The second-order valence-corrected chi connectivity index (χ2v) is 6.16. The molecule has 0 atom stereocenters. The van der Waals surface area contributed by atoms with Gasteiger partial charge in [-0.3, -0.25) is 0 Å². The molecule has 7 heteroatoms. The molecular formula is C13H14F4INO. The van der Waals surface area contributed by atoms with E-state index in [-0.39, 0.29) is 31.6 Å². The van der Waals surface area contributed by atoms with Crippen LogP contribution in [0.15, 0.2) is 6.07 Å². The number of hydrogen-bond acceptors (Lipinski definition) is 2. The number of pyridine rings is 1. The summed E-state index contributed by atoms with van der Waals surface area (Å²) in [5, 5.41) is 0. The summed E-state index contributed by atoms with van der Waals surface area (Å²) in [4.78, 5) is 3.97. The van der Waals surface area contributed by atoms with Crippen molar-refractivity contribution in [2.75, 3.05) is 0 Å². The van der Waals surface area contributed by atoms with Crippen molar-refractivity contribution in [1.82, 2.24) is 4.98 Å². The van der Waals surface area contributed by atoms with E-state index in [9.17, 15) is 17.6 Å². The van der Waals surface area contributed by atoms with Crippen LogP contribution in [0.25, 0.3) is 0 Å². The molecule has 0 N–H and O–H groups in total. The number of ether oxygens (including phenoxy) is 1. The highest BCUT2D eigenvalue weighted by Gasteiger charge is 2.41. The molecule has 0 radical (unpaired) electrons. The van der Waals surface area contributed by atoms with Gasteiger partial charge in [0.25, 0.3) is 5.88 Å². The van der Waals surface area contributed by atoms with Crippen molar-refractivity contribution in [3.8, 4) is 5.88 Å². The smallest absolute Gasteiger partial charge is 0.391 e. The van der Waals surface area contributed by atoms with Crippen molar-refractivity contribution < 1.29 is 22.3 Å². The van der Waals surface area contributed by atoms with Crippen LogP contribution in [0.3, 0.4) is 0 Å². The fraction of sp³-hybridized carbons (Fsp3) is 0.615. The minimum atomic E-state index is -4.15. The molecule has 0 bridgehead atoms. The minimum absolute atomic E-state index is 0.0265. The molecule has 1 heterocycles. The van der Waals surface area contributed by atoms with E-state index in [0.717, 1.165) is 0 Å². The molecule has 0 unspecified atom stereocenters. The molecule has 0 amide bonds. The number of alkyl halides is 3. The van der Waals surface area contributed by atoms with Crippen molar-refractivity contribution in [2.45, 2.75) is 44.9 Å². The highest BCUT2D eigenvalue weighted by Crippen LogP contribution is 2.38. The number of hydrogen-bond donors (Lipinski definition) is 0. The SMILES string of the molecule is Cc1cc(I)c(F)c(OC2CCC(C(F)(F)F)CC2)n1. The predicted molar refractivity (Wildman–Crippen MR) is 74.1 cm³/mol. The first-order valence-corrected chi connectivity index (χ1v) is 7.41. The summed E-state index contributed by atoms with van der Waals surface area (Å²) >= 11 is 1.84. The molecule has 1 fully saturated rings. The fourth-order valence-corrected chi connectivity index (χ4v) is 3.02. The summed E-state index contributed by atoms with van der Waals surface area (Å²) in [6.45, 7) is 1.72. The molecule has 2 nitrogen and oxygen atoms in total. The fourth-order valence-electron chi connectivity index (χ4n) is 2.33. The minimum Gasteiger partial charge on any atom is -0.472 e. The molecule has 1 aromatic heterocycles. The molecule has 0 saturated heterocycles. The Morgan fingerprint density at radius 2 is 1.85 bits per heavy atom. The zero-order chi connectivity index (χ0) is 14.9. The summed E-state index contributed by atoms with van der Waals surface area (Å²) in [7, 11) is 0. The Labute approximate surface area is 128 Å². The van der Waals surface area contributed by atoms with Gasteiger partial charge < -0.3 is 4.74 Å². The van der Waals surface area contributed by atoms with Crippen LogP contribution >= 0.6 is 22.6 Å². The molecule has 2 rings (SSSR count). The third-order valence-electron chi connectivity index (χ3n) is 3.43. The molecule has 1 aromatic rings. The Bertz CT molecular complexity index is 484. The molecule has 0 aliphatic heterocycles. The van der Waals surface area contributed by atoms with Gasteiger partial charge in [0.1, 0.15) is 6.10 Å². The number of aromatic nitrogens is 1. The molecule has 1 saturated carbocycles. The van der Waals surface area contributed by atoms with E-state index in [4.69, 9.17) is 4.74 Å². The quantitative estimate of drug-likeness (QED) is 0.531. The highest BCUT2D eigenvalue weighted by atomic mass is 127. The van der Waals surface area contributed by atoms with E-state index < -0.39 is 24.0 Å². The van der Waals surface area contributed by atoms with Gasteiger partial charge in [-0.1, -0.05) is 0 Å². The Morgan fingerprint density at radius 3 is 2.40 bits per heavy atom. The van der Waals surface area contributed by atoms with E-state index in [1.807, 2.05) is 22.6 Å². The number of nitrogens with zero attached hydrogens (tertiary/aromatic N) is 1. The average molecular weight is 403 g/mol. The molecule has 0 spiro atoms. The summed E-state index contributed by atoms with van der Waals surface area (Å²) in [6.07, 6.45) is -3.94. The van der Waals surface area contributed by atoms with Gasteiger partial charge in [0.2, 0.25) is 0 Å². The van der Waals surface area contributed by atoms with Crippen LogP contribution in [-0.2, 0) is 0 Å². The topological polar surface area (TPSA) is 22.1 Å². The molecule has 1 aliphatic carbocycles. The van der Waals surface area contributed by atoms with Gasteiger partial charge in [-0.2, -0.15) is 17.6 Å². The summed E-state index contributed by atoms with van der Waals surface area (Å²) < 4.78 is 57.3. The molecule has 20 heavy (non-hydrogen) atoms. The molecular weight excluding hydrogens is 389 g/mol. The Balaban J connectivity index is 2.00. The lowest BCUT2D eigenvalue weighted by atomic mass is 9.87. The van der Waals surface area contributed by atoms with Gasteiger partial charge >= 0.3 is 6.18 Å². The normalized spacial score (nSPS) is 23.7. The third-order valence-corrected chi connectivity index (χ3v) is 4.21. The largest absolute Gasteiger partial charge is 0.472 e. The van der Waals surface area contributed by atoms with E-state index in [1.54, 1.807) is 13.0 Å². The second-order valence-electron chi connectivity index (χ2n) is 5.00. The maximum Gasteiger partial charge on any atom is 0.391 e. The van der Waals surface area contributed by atoms with Crippen LogP contribution in [0.1, 0.15) is 31.4 Å². The van der Waals surface area contributed by atoms with E-state index in [2.05, 4.69) is 4.98 Å². The number of aryl methyl sites for hydroxylation is 1. The molecule has 1 aliphatic rings. The third kappa shape index (κ3) is 3.73. The lowest BCUT2D eigenvalue weighted by Gasteiger charge is -2.29. The molecule has 112 valence electrons. The lowest BCUT2D eigenvalue weighted by Crippen LogP contribution is -2.32. The standard InChI is InChI=1S/C13H14F4INO/c1-7-6-10(18)11(14)12(19-7)20-9-4-2-8(3-5-9)13(15,16)17/h6,8-9H,2-5H2,1H3. The van der Waals surface area contributed by atoms with Gasteiger partial charge in [-0.15, -0.1) is 0 Å². The zero-order valence-electron chi connectivity index (χ0n) is 10.8. The highest BCUT2D eigenvalue weighted by molar-refractivity contribution is 14.1. The Kier molecular flexibility index (Phi) is 4.76. The van der Waals surface area contributed by atoms with E-state index >= 15 is 0 Å². The van der Waals surface area contributed by atoms with Crippen molar-refractivity contribution >= 4 is 22.6 Å². The van der Waals surface area contributed by atoms with E-state index in [0.29, 0.717) is 9.26 Å². The van der Waals surface area contributed by atoms with Gasteiger partial charge in [0.05, 0.1) is 9.49 Å². The Morgan fingerprint density at radius 1 is 1.25 bits per heavy atom. The van der Waals surface area contributed by atoms with Crippen molar-refractivity contribution in [3.63, 3.8) is 0 Å². The molecule has 0 aromatic carbocycles. The van der Waals surface area contributed by atoms with Crippen molar-refractivity contribution in [2.24, 2.45) is 5.92 Å². The summed E-state index contributed by atoms with van der Waals surface area (Å²) in [6, 6.07) is 1.59. The maximum absolute atomic E-state index is 13.8. The van der Waals surface area contributed by atoms with Crippen LogP contribution in [0.2, 0.25) is 0 Å². The monoisotopic (exact) mass is 403 g/mol. The zero-order valence-corrected chi connectivity index (χ0v) is 13.0. The van der Waals surface area contributed by atoms with Gasteiger partial charge in [-0.05, 0) is 61.3 Å². The van der Waals surface area contributed by atoms with Gasteiger partial charge in [0, 0.05) is 5.69 Å². The van der Waals surface area contributed by atoms with Gasteiger partial charge in [0.15, 0.2) is 5.82 Å². The lowest BCUT2D eigenvalue weighted by molar-refractivity contribution is -0.185. The maximum atomic E-state index is 13.8. The van der Waals surface area contributed by atoms with Crippen LogP contribution in [0.4, 0.5) is 17.6 Å². The first-order valence-electron chi connectivity index (χ1n) is 6.33. The van der Waals surface area contributed by atoms with Crippen LogP contribution < -0.4 is 4.74 Å². The first-order chi connectivity index (χ1) is 9.27. The predicted octanol–water partition coefficient (Wildman–Crippen LogP) is 4.63. The Hall–Kier alpha value is -0.600. The average Bonchev–Trinajstić information content (AvgIpc) is 2.35. The second kappa shape index (κ2) is 6.03. The summed E-state index contributed by atoms with van der Waals surface area (Å²) in [5.41, 5.74) is 0.620. The van der Waals surface area contributed by atoms with Crippen LogP contribution in [-0.4, -0.2) is 17.3 Å². The van der Waals surface area contributed by atoms with Crippen molar-refractivity contribution in [3.05, 3.63) is 21.1 Å². The van der Waals surface area contributed by atoms with Crippen LogP contribution in [0.5, 0.6) is 5.88 Å². The summed E-state index contributed by atoms with van der Waals surface area (Å²) in [5.74, 6) is -1.92. The van der Waals surface area contributed by atoms with Gasteiger partial charge in [-0.25, -0.2) is 4.98 Å². The van der Waals surface area contributed by atoms with Crippen molar-refractivity contribution in [1.29, 1.82) is 0 Å². The number of rotatable bonds is 2. The van der Waals surface area contributed by atoms with E-state index in [1.165, 1.54) is 0 Å².